The van der Waals surface area contributed by atoms with E-state index in [1.54, 1.807) is 30.2 Å². The first kappa shape index (κ1) is 19.0. The van der Waals surface area contributed by atoms with E-state index in [-0.39, 0.29) is 0 Å². The average Bonchev–Trinajstić information content (AvgIpc) is 3.12. The summed E-state index contributed by atoms with van der Waals surface area (Å²) >= 11 is 13.9. The van der Waals surface area contributed by atoms with E-state index < -0.39 is 0 Å². The Morgan fingerprint density at radius 2 is 1.75 bits per heavy atom. The molecule has 0 aliphatic rings. The number of thioether (sulfide) groups is 1. The van der Waals surface area contributed by atoms with Gasteiger partial charge in [-0.25, -0.2) is 0 Å². The minimum atomic E-state index is 0.627. The molecular weight excluding hydrogens is 411 g/mol. The predicted molar refractivity (Wildman–Crippen MR) is 115 cm³/mol. The molecule has 4 nitrogen and oxygen atoms in total. The minimum Gasteiger partial charge on any atom is -0.270 e. The zero-order valence-corrected chi connectivity index (χ0v) is 17.3. The number of aryl methyl sites for hydroxylation is 1. The summed E-state index contributed by atoms with van der Waals surface area (Å²) in [6.45, 7) is 2.08. The van der Waals surface area contributed by atoms with Gasteiger partial charge in [0.05, 0.1) is 5.69 Å². The van der Waals surface area contributed by atoms with E-state index in [4.69, 9.17) is 23.2 Å². The lowest BCUT2D eigenvalue weighted by atomic mass is 10.2. The molecule has 28 heavy (non-hydrogen) atoms. The summed E-state index contributed by atoms with van der Waals surface area (Å²) in [4.78, 5) is 4.10. The van der Waals surface area contributed by atoms with Gasteiger partial charge in [0.1, 0.15) is 0 Å². The monoisotopic (exact) mass is 426 g/mol. The molecule has 0 saturated carbocycles. The van der Waals surface area contributed by atoms with Crippen molar-refractivity contribution in [3.63, 3.8) is 0 Å². The molecule has 0 aliphatic carbocycles. The molecule has 4 aromatic rings. The van der Waals surface area contributed by atoms with Crippen LogP contribution in [0, 0.1) is 6.92 Å². The van der Waals surface area contributed by atoms with Crippen molar-refractivity contribution in [2.75, 3.05) is 0 Å². The van der Waals surface area contributed by atoms with Crippen LogP contribution in [-0.2, 0) is 5.75 Å². The zero-order chi connectivity index (χ0) is 19.5. The molecule has 0 fully saturated rings. The third kappa shape index (κ3) is 3.92. The van der Waals surface area contributed by atoms with Crippen LogP contribution in [0.4, 0.5) is 0 Å². The highest BCUT2D eigenvalue weighted by Crippen LogP contribution is 2.32. The quantitative estimate of drug-likeness (QED) is 0.354. The van der Waals surface area contributed by atoms with Gasteiger partial charge in [0.15, 0.2) is 11.0 Å². The van der Waals surface area contributed by atoms with Crippen LogP contribution in [0.2, 0.25) is 10.0 Å². The fourth-order valence-corrected chi connectivity index (χ4v) is 4.37. The van der Waals surface area contributed by atoms with Crippen LogP contribution < -0.4 is 0 Å². The highest BCUT2D eigenvalue weighted by atomic mass is 35.5. The van der Waals surface area contributed by atoms with Crippen molar-refractivity contribution in [1.29, 1.82) is 0 Å². The number of rotatable bonds is 5. The van der Waals surface area contributed by atoms with Crippen LogP contribution >= 0.6 is 35.0 Å². The lowest BCUT2D eigenvalue weighted by Gasteiger charge is -2.13. The van der Waals surface area contributed by atoms with E-state index in [2.05, 4.69) is 38.8 Å². The topological polar surface area (TPSA) is 43.6 Å². The van der Waals surface area contributed by atoms with Gasteiger partial charge < -0.3 is 0 Å². The molecule has 0 spiro atoms. The number of halogens is 2. The minimum absolute atomic E-state index is 0.627. The first-order chi connectivity index (χ1) is 13.6. The van der Waals surface area contributed by atoms with Crippen LogP contribution in [0.1, 0.15) is 11.1 Å². The van der Waals surface area contributed by atoms with E-state index in [0.29, 0.717) is 15.8 Å². The Balaban J connectivity index is 1.75. The first-order valence-corrected chi connectivity index (χ1v) is 10.4. The largest absolute Gasteiger partial charge is 0.270 e. The number of benzene rings is 2. The van der Waals surface area contributed by atoms with Crippen LogP contribution in [-0.4, -0.2) is 19.7 Å². The molecule has 2 heterocycles. The molecule has 2 aromatic carbocycles. The number of para-hydroxylation sites is 1. The second kappa shape index (κ2) is 8.35. The number of hydrogen-bond acceptors (Lipinski definition) is 4. The lowest BCUT2D eigenvalue weighted by Crippen LogP contribution is -2.02. The Kier molecular flexibility index (Phi) is 5.67. The van der Waals surface area contributed by atoms with Gasteiger partial charge in [-0.2, -0.15) is 0 Å². The van der Waals surface area contributed by atoms with Crippen molar-refractivity contribution in [2.45, 2.75) is 17.8 Å². The van der Waals surface area contributed by atoms with Crippen LogP contribution in [0.15, 0.2) is 72.1 Å². The third-order valence-corrected chi connectivity index (χ3v) is 5.86. The second-order valence-corrected chi connectivity index (χ2v) is 7.97. The summed E-state index contributed by atoms with van der Waals surface area (Å²) < 4.78 is 2.08. The maximum Gasteiger partial charge on any atom is 0.196 e. The zero-order valence-electron chi connectivity index (χ0n) is 15.0. The summed E-state index contributed by atoms with van der Waals surface area (Å²) in [6, 6.07) is 17.6. The Morgan fingerprint density at radius 3 is 2.50 bits per heavy atom. The maximum absolute atomic E-state index is 6.33. The second-order valence-electron chi connectivity index (χ2n) is 6.19. The molecule has 7 heteroatoms. The highest BCUT2D eigenvalue weighted by molar-refractivity contribution is 7.98. The predicted octanol–water partition coefficient (Wildman–Crippen LogP) is 6.24. The molecule has 4 rings (SSSR count). The van der Waals surface area contributed by atoms with Crippen molar-refractivity contribution in [1.82, 2.24) is 19.7 Å². The number of hydrogen-bond donors (Lipinski definition) is 0. The molecule has 0 amide bonds. The molecule has 2 aromatic heterocycles. The van der Waals surface area contributed by atoms with E-state index in [0.717, 1.165) is 33.4 Å². The van der Waals surface area contributed by atoms with Gasteiger partial charge in [-0.15, -0.1) is 10.2 Å². The summed E-state index contributed by atoms with van der Waals surface area (Å²) in [5, 5.41) is 11.0. The molecule has 0 radical (unpaired) electrons. The molecule has 0 N–H and O–H groups in total. The lowest BCUT2D eigenvalue weighted by molar-refractivity contribution is 0.880. The van der Waals surface area contributed by atoms with Crippen molar-refractivity contribution < 1.29 is 0 Å². The van der Waals surface area contributed by atoms with E-state index in [1.807, 2.05) is 36.4 Å². The molecule has 0 atom stereocenters. The van der Waals surface area contributed by atoms with Gasteiger partial charge in [-0.1, -0.05) is 59.2 Å². The van der Waals surface area contributed by atoms with Gasteiger partial charge in [-0.05, 0) is 48.4 Å². The van der Waals surface area contributed by atoms with Gasteiger partial charge in [0, 0.05) is 33.8 Å². The highest BCUT2D eigenvalue weighted by Gasteiger charge is 2.17. The van der Waals surface area contributed by atoms with Crippen molar-refractivity contribution in [3.8, 4) is 17.1 Å². The summed E-state index contributed by atoms with van der Waals surface area (Å²) in [6.07, 6.45) is 3.51. The van der Waals surface area contributed by atoms with E-state index in [1.165, 1.54) is 0 Å². The Hall–Kier alpha value is -2.34. The summed E-state index contributed by atoms with van der Waals surface area (Å²) in [5.74, 6) is 1.44. The standard InChI is InChI=1S/C21H16Cl2N4S/c1-14-4-2-3-5-19(14)27-20(15-8-10-24-11-9-15)25-26-21(27)28-13-16-6-7-17(22)12-18(16)23/h2-12H,13H2,1H3. The fraction of sp³-hybridized carbons (Fsp3) is 0.0952. The normalized spacial score (nSPS) is 11.0. The van der Waals surface area contributed by atoms with Gasteiger partial charge >= 0.3 is 0 Å². The fourth-order valence-electron chi connectivity index (χ4n) is 2.86. The maximum atomic E-state index is 6.33. The molecule has 140 valence electrons. The molecule has 0 aliphatic heterocycles. The van der Waals surface area contributed by atoms with Crippen LogP contribution in [0.3, 0.4) is 0 Å². The summed E-state index contributed by atoms with van der Waals surface area (Å²) in [5.41, 5.74) is 4.15. The molecular formula is C21H16Cl2N4S. The van der Waals surface area contributed by atoms with Gasteiger partial charge in [0.2, 0.25) is 0 Å². The van der Waals surface area contributed by atoms with E-state index in [9.17, 15) is 0 Å². The number of aromatic nitrogens is 4. The average molecular weight is 427 g/mol. The SMILES string of the molecule is Cc1ccccc1-n1c(SCc2ccc(Cl)cc2Cl)nnc1-c1ccncc1. The van der Waals surface area contributed by atoms with Crippen molar-refractivity contribution in [2.24, 2.45) is 0 Å². The summed E-state index contributed by atoms with van der Waals surface area (Å²) in [7, 11) is 0. The van der Waals surface area contributed by atoms with Crippen LogP contribution in [0.5, 0.6) is 0 Å². The van der Waals surface area contributed by atoms with E-state index >= 15 is 0 Å². The Morgan fingerprint density at radius 1 is 0.964 bits per heavy atom. The molecule has 0 saturated heterocycles. The number of nitrogens with zero attached hydrogens (tertiary/aromatic N) is 4. The van der Waals surface area contributed by atoms with Gasteiger partial charge in [-0.3, -0.25) is 9.55 Å². The number of pyridine rings is 1. The smallest absolute Gasteiger partial charge is 0.196 e. The van der Waals surface area contributed by atoms with Crippen molar-refractivity contribution >= 4 is 35.0 Å². The Labute approximate surface area is 177 Å². The van der Waals surface area contributed by atoms with Crippen molar-refractivity contribution in [3.05, 3.63) is 88.2 Å². The third-order valence-electron chi connectivity index (χ3n) is 4.30. The molecule has 0 bridgehead atoms. The molecule has 0 unspecified atom stereocenters. The van der Waals surface area contributed by atoms with Gasteiger partial charge in [0.25, 0.3) is 0 Å². The first-order valence-electron chi connectivity index (χ1n) is 8.62. The van der Waals surface area contributed by atoms with Crippen LogP contribution in [0.25, 0.3) is 17.1 Å². The Bertz CT molecular complexity index is 1110.